The van der Waals surface area contributed by atoms with Crippen LogP contribution in [0.15, 0.2) is 12.2 Å². The van der Waals surface area contributed by atoms with Crippen LogP contribution in [0, 0.1) is 62.1 Å². The van der Waals surface area contributed by atoms with Crippen molar-refractivity contribution < 1.29 is 24.2 Å². The van der Waals surface area contributed by atoms with Crippen LogP contribution in [-0.4, -0.2) is 27.8 Å². The summed E-state index contributed by atoms with van der Waals surface area (Å²) in [5, 5.41) is 10.6. The summed E-state index contributed by atoms with van der Waals surface area (Å²) in [5.41, 5.74) is 0.0336. The molecule has 5 unspecified atom stereocenters. The van der Waals surface area contributed by atoms with Gasteiger partial charge in [0.05, 0.1) is 11.8 Å². The molecule has 0 amide bonds. The molecule has 42 heavy (non-hydrogen) atoms. The van der Waals surface area contributed by atoms with E-state index in [1.54, 1.807) is 13.8 Å². The third-order valence-corrected chi connectivity index (χ3v) is 15.9. The van der Waals surface area contributed by atoms with Crippen LogP contribution < -0.4 is 0 Å². The number of hydrogen-bond donors (Lipinski definition) is 1. The lowest BCUT2D eigenvalue weighted by atomic mass is 9.32. The number of carboxylic acids is 1. The van der Waals surface area contributed by atoms with Crippen molar-refractivity contribution >= 4 is 32.6 Å². The van der Waals surface area contributed by atoms with Gasteiger partial charge in [0.2, 0.25) is 4.69 Å². The van der Waals surface area contributed by atoms with Crippen molar-refractivity contribution in [2.75, 3.05) is 0 Å². The van der Waals surface area contributed by atoms with Crippen LogP contribution in [0.2, 0.25) is 0 Å². The topological polar surface area (TPSA) is 80.7 Å². The van der Waals surface area contributed by atoms with Crippen molar-refractivity contribution in [2.45, 2.75) is 132 Å². The number of allylic oxidation sites excluding steroid dienone is 1. The standard InChI is InChI=1S/C36H55BrO5/c1-21(2)22-12-17-36(30(40)41)19-18-34(8)23(28(22)36)10-11-25-33(7)15-14-26(42-27(38)20-31(3,4)29(37)39)32(5,6)24(33)13-16-35(25,34)9/h22-26,28H,1,10-20H2,2-9H3,(H,40,41)/t22?,23?,24?,25?,26-,28?,33-,34+,35+,36-/m0/s1. The predicted molar refractivity (Wildman–Crippen MR) is 169 cm³/mol. The van der Waals surface area contributed by atoms with E-state index >= 15 is 0 Å². The van der Waals surface area contributed by atoms with Crippen LogP contribution in [0.25, 0.3) is 0 Å². The van der Waals surface area contributed by atoms with E-state index in [9.17, 15) is 19.5 Å². The van der Waals surface area contributed by atoms with Crippen LogP contribution >= 0.6 is 15.9 Å². The minimum Gasteiger partial charge on any atom is -0.481 e. The lowest BCUT2D eigenvalue weighted by Gasteiger charge is -2.72. The molecule has 5 aliphatic carbocycles. The zero-order valence-corrected chi connectivity index (χ0v) is 29.0. The van der Waals surface area contributed by atoms with Gasteiger partial charge in [0.1, 0.15) is 6.10 Å². The molecule has 5 rings (SSSR count). The predicted octanol–water partition coefficient (Wildman–Crippen LogP) is 8.98. The molecule has 0 aromatic heterocycles. The van der Waals surface area contributed by atoms with E-state index < -0.39 is 16.8 Å². The maximum atomic E-state index is 13.0. The Morgan fingerprint density at radius 1 is 0.881 bits per heavy atom. The Kier molecular flexibility index (Phi) is 7.81. The molecule has 5 saturated carbocycles. The molecule has 10 atom stereocenters. The fraction of sp³-hybridized carbons (Fsp3) is 0.861. The fourth-order valence-corrected chi connectivity index (χ4v) is 12.5. The number of carboxylic acid groups (broad SMARTS) is 1. The number of esters is 1. The van der Waals surface area contributed by atoms with E-state index in [4.69, 9.17) is 4.74 Å². The first-order valence-corrected chi connectivity index (χ1v) is 17.4. The number of aliphatic carboxylic acids is 1. The van der Waals surface area contributed by atoms with Gasteiger partial charge in [-0.2, -0.15) is 0 Å². The van der Waals surface area contributed by atoms with Crippen molar-refractivity contribution in [1.82, 2.24) is 0 Å². The van der Waals surface area contributed by atoms with Crippen LogP contribution in [0.1, 0.15) is 126 Å². The Morgan fingerprint density at radius 2 is 1.55 bits per heavy atom. The first-order valence-electron chi connectivity index (χ1n) is 16.6. The second kappa shape index (κ2) is 10.2. The maximum Gasteiger partial charge on any atom is 0.309 e. The normalized spacial score (nSPS) is 45.9. The zero-order valence-electron chi connectivity index (χ0n) is 27.4. The summed E-state index contributed by atoms with van der Waals surface area (Å²) in [6.45, 7) is 22.3. The van der Waals surface area contributed by atoms with E-state index in [1.807, 2.05) is 0 Å². The smallest absolute Gasteiger partial charge is 0.309 e. The van der Waals surface area contributed by atoms with E-state index in [1.165, 1.54) is 5.57 Å². The molecule has 0 radical (unpaired) electrons. The Labute approximate surface area is 262 Å². The average Bonchev–Trinajstić information content (AvgIpc) is 3.27. The number of fused-ring (bicyclic) bond motifs is 7. The molecule has 6 heteroatoms. The van der Waals surface area contributed by atoms with Gasteiger partial charge in [0.25, 0.3) is 0 Å². The number of halogens is 1. The zero-order chi connectivity index (χ0) is 31.3. The second-order valence-corrected chi connectivity index (χ2v) is 18.0. The quantitative estimate of drug-likeness (QED) is 0.177. The van der Waals surface area contributed by atoms with E-state index in [0.29, 0.717) is 23.7 Å². The molecule has 0 aromatic carbocycles. The molecular weight excluding hydrogens is 592 g/mol. The lowest BCUT2D eigenvalue weighted by molar-refractivity contribution is -0.250. The third kappa shape index (κ3) is 4.37. The summed E-state index contributed by atoms with van der Waals surface area (Å²) in [7, 11) is 0. The van der Waals surface area contributed by atoms with Gasteiger partial charge in [0.15, 0.2) is 0 Å². The van der Waals surface area contributed by atoms with Gasteiger partial charge in [-0.3, -0.25) is 14.4 Å². The highest BCUT2D eigenvalue weighted by Crippen LogP contribution is 2.77. The number of rotatable bonds is 6. The van der Waals surface area contributed by atoms with Crippen molar-refractivity contribution in [3.8, 4) is 0 Å². The van der Waals surface area contributed by atoms with Gasteiger partial charge in [-0.1, -0.05) is 60.6 Å². The Hall–Kier alpha value is -1.17. The molecule has 1 N–H and O–H groups in total. The maximum absolute atomic E-state index is 13.0. The van der Waals surface area contributed by atoms with Crippen LogP contribution in [0.4, 0.5) is 0 Å². The van der Waals surface area contributed by atoms with Gasteiger partial charge in [-0.25, -0.2) is 0 Å². The lowest BCUT2D eigenvalue weighted by Crippen LogP contribution is -2.67. The highest BCUT2D eigenvalue weighted by molar-refractivity contribution is 9.18. The number of ether oxygens (including phenoxy) is 1. The highest BCUT2D eigenvalue weighted by atomic mass is 79.9. The monoisotopic (exact) mass is 646 g/mol. The van der Waals surface area contributed by atoms with Crippen molar-refractivity contribution in [3.05, 3.63) is 12.2 Å². The summed E-state index contributed by atoms with van der Waals surface area (Å²) in [6.07, 6.45) is 9.89. The van der Waals surface area contributed by atoms with Crippen LogP contribution in [0.3, 0.4) is 0 Å². The summed E-state index contributed by atoms with van der Waals surface area (Å²) in [4.78, 5) is 37.9. The SMILES string of the molecule is C=C(C)C1CC[C@]2(C(=O)O)CC[C@]3(C)C(CCC4[C@@]5(C)CC[C@H](OC(=O)CC(C)(C)C(=O)Br)C(C)(C)C5CC[C@]43C)C12. The Bertz CT molecular complexity index is 1170. The molecule has 0 aliphatic heterocycles. The molecule has 5 aliphatic rings. The molecule has 0 spiro atoms. The summed E-state index contributed by atoms with van der Waals surface area (Å²) in [6, 6.07) is 0. The highest BCUT2D eigenvalue weighted by Gasteiger charge is 2.72. The molecular formula is C36H55BrO5. The number of carbonyl (C=O) groups excluding carboxylic acids is 2. The van der Waals surface area contributed by atoms with Gasteiger partial charge in [0, 0.05) is 10.8 Å². The van der Waals surface area contributed by atoms with Crippen LogP contribution in [0.5, 0.6) is 0 Å². The van der Waals surface area contributed by atoms with E-state index in [0.717, 1.165) is 64.2 Å². The van der Waals surface area contributed by atoms with Gasteiger partial charge < -0.3 is 9.84 Å². The number of carbonyl (C=O) groups is 3. The van der Waals surface area contributed by atoms with E-state index in [2.05, 4.69) is 64.1 Å². The summed E-state index contributed by atoms with van der Waals surface area (Å²) in [5.74, 6) is 1.07. The molecule has 5 nitrogen and oxygen atoms in total. The van der Waals surface area contributed by atoms with Gasteiger partial charge in [-0.05, 0) is 133 Å². The van der Waals surface area contributed by atoms with Crippen molar-refractivity contribution in [3.63, 3.8) is 0 Å². The Morgan fingerprint density at radius 3 is 2.14 bits per heavy atom. The fourth-order valence-electron chi connectivity index (χ4n) is 12.3. The minimum atomic E-state index is -0.786. The molecule has 236 valence electrons. The molecule has 0 heterocycles. The number of hydrogen-bond acceptors (Lipinski definition) is 4. The van der Waals surface area contributed by atoms with Gasteiger partial charge >= 0.3 is 11.9 Å². The van der Waals surface area contributed by atoms with Crippen LogP contribution in [-0.2, 0) is 19.1 Å². The largest absolute Gasteiger partial charge is 0.481 e. The molecule has 0 aromatic rings. The molecule has 0 bridgehead atoms. The minimum absolute atomic E-state index is 0.0796. The Balaban J connectivity index is 1.42. The van der Waals surface area contributed by atoms with Crippen molar-refractivity contribution in [2.24, 2.45) is 62.1 Å². The second-order valence-electron chi connectivity index (χ2n) is 17.3. The average molecular weight is 648 g/mol. The summed E-state index contributed by atoms with van der Waals surface area (Å²) < 4.78 is 6.02. The first kappa shape index (κ1) is 32.2. The molecule has 0 saturated heterocycles. The van der Waals surface area contributed by atoms with Gasteiger partial charge in [-0.15, -0.1) is 0 Å². The van der Waals surface area contributed by atoms with Crippen molar-refractivity contribution in [1.29, 1.82) is 0 Å². The molecule has 5 fully saturated rings. The third-order valence-electron chi connectivity index (χ3n) is 14.8. The van der Waals surface area contributed by atoms with E-state index in [-0.39, 0.29) is 50.8 Å². The summed E-state index contributed by atoms with van der Waals surface area (Å²) >= 11 is 3.05. The first-order chi connectivity index (χ1) is 19.3.